The summed E-state index contributed by atoms with van der Waals surface area (Å²) in [7, 11) is 0. The maximum Gasteiger partial charge on any atom is 0.0650 e. The molecule has 0 aliphatic carbocycles. The summed E-state index contributed by atoms with van der Waals surface area (Å²) in [6.45, 7) is 0.632. The van der Waals surface area contributed by atoms with Crippen molar-refractivity contribution < 1.29 is 0 Å². The molecule has 4 heteroatoms. The molecule has 0 saturated heterocycles. The molecule has 3 aromatic rings. The van der Waals surface area contributed by atoms with Crippen molar-refractivity contribution in [2.45, 2.75) is 6.42 Å². The van der Waals surface area contributed by atoms with E-state index in [4.69, 9.17) is 5.73 Å². The Hall–Kier alpha value is -2.20. The van der Waals surface area contributed by atoms with Crippen LogP contribution >= 0.6 is 0 Å². The molecule has 0 aliphatic heterocycles. The molecule has 0 fully saturated rings. The Kier molecular flexibility index (Phi) is 2.78. The van der Waals surface area contributed by atoms with Crippen LogP contribution in [0.1, 0.15) is 5.56 Å². The van der Waals surface area contributed by atoms with E-state index in [1.165, 1.54) is 16.7 Å². The van der Waals surface area contributed by atoms with Gasteiger partial charge in [-0.3, -0.25) is 10.1 Å². The Morgan fingerprint density at radius 3 is 3.00 bits per heavy atom. The monoisotopic (exact) mass is 238 g/mol. The van der Waals surface area contributed by atoms with E-state index in [0.29, 0.717) is 6.54 Å². The van der Waals surface area contributed by atoms with E-state index in [0.717, 1.165) is 17.3 Å². The fourth-order valence-corrected chi connectivity index (χ4v) is 2.17. The van der Waals surface area contributed by atoms with E-state index in [2.05, 4.69) is 27.3 Å². The first kappa shape index (κ1) is 10.9. The molecular weight excluding hydrogens is 224 g/mol. The topological polar surface area (TPSA) is 67.6 Å². The Bertz CT molecular complexity index is 672. The molecule has 2 heterocycles. The zero-order valence-electron chi connectivity index (χ0n) is 9.93. The van der Waals surface area contributed by atoms with Gasteiger partial charge >= 0.3 is 0 Å². The van der Waals surface area contributed by atoms with Crippen LogP contribution in [-0.2, 0) is 6.42 Å². The van der Waals surface area contributed by atoms with E-state index in [1.807, 2.05) is 30.7 Å². The number of nitrogens with one attached hydrogen (secondary N) is 1. The Morgan fingerprint density at radius 2 is 2.11 bits per heavy atom. The lowest BCUT2D eigenvalue weighted by atomic mass is 9.99. The first-order valence-electron chi connectivity index (χ1n) is 5.95. The summed E-state index contributed by atoms with van der Waals surface area (Å²) in [5.41, 5.74) is 10.2. The molecule has 90 valence electrons. The van der Waals surface area contributed by atoms with Gasteiger partial charge in [0.15, 0.2) is 0 Å². The van der Waals surface area contributed by atoms with Gasteiger partial charge in [0.05, 0.1) is 11.7 Å². The van der Waals surface area contributed by atoms with Crippen LogP contribution in [0, 0.1) is 0 Å². The van der Waals surface area contributed by atoms with Crippen LogP contribution in [0.5, 0.6) is 0 Å². The summed E-state index contributed by atoms with van der Waals surface area (Å²) in [4.78, 5) is 4.17. The van der Waals surface area contributed by atoms with Crippen LogP contribution in [0.2, 0.25) is 0 Å². The fourth-order valence-electron chi connectivity index (χ4n) is 2.17. The zero-order chi connectivity index (χ0) is 12.4. The summed E-state index contributed by atoms with van der Waals surface area (Å²) in [5.74, 6) is 0. The number of hydrogen-bond donors (Lipinski definition) is 2. The standard InChI is InChI=1S/C14H14N4/c15-5-3-11-8-16-6-4-13(11)10-1-2-14-12(7-10)9-17-18-14/h1-2,4,6-9H,3,5,15H2,(H,17,18). The third-order valence-electron chi connectivity index (χ3n) is 3.07. The minimum absolute atomic E-state index is 0.632. The van der Waals surface area contributed by atoms with Crippen LogP contribution in [0.15, 0.2) is 42.9 Å². The average Bonchev–Trinajstić information content (AvgIpc) is 2.87. The van der Waals surface area contributed by atoms with Crippen molar-refractivity contribution >= 4 is 10.9 Å². The Labute approximate surface area is 105 Å². The summed E-state index contributed by atoms with van der Waals surface area (Å²) in [5, 5.41) is 8.11. The number of hydrogen-bond acceptors (Lipinski definition) is 3. The smallest absolute Gasteiger partial charge is 0.0650 e. The number of benzene rings is 1. The highest BCUT2D eigenvalue weighted by Crippen LogP contribution is 2.26. The molecule has 18 heavy (non-hydrogen) atoms. The maximum absolute atomic E-state index is 5.64. The minimum Gasteiger partial charge on any atom is -0.330 e. The van der Waals surface area contributed by atoms with E-state index in [9.17, 15) is 0 Å². The summed E-state index contributed by atoms with van der Waals surface area (Å²) >= 11 is 0. The predicted molar refractivity (Wildman–Crippen MR) is 72.1 cm³/mol. The van der Waals surface area contributed by atoms with Gasteiger partial charge in [-0.2, -0.15) is 5.10 Å². The van der Waals surface area contributed by atoms with E-state index in [1.54, 1.807) is 0 Å². The number of aromatic nitrogens is 3. The number of H-pyrrole nitrogens is 1. The van der Waals surface area contributed by atoms with Crippen molar-refractivity contribution in [1.82, 2.24) is 15.2 Å². The molecule has 0 aliphatic rings. The second-order valence-corrected chi connectivity index (χ2v) is 4.24. The number of aromatic amines is 1. The lowest BCUT2D eigenvalue weighted by Crippen LogP contribution is -2.04. The van der Waals surface area contributed by atoms with Crippen molar-refractivity contribution in [2.24, 2.45) is 5.73 Å². The molecule has 3 N–H and O–H groups in total. The molecule has 0 bridgehead atoms. The van der Waals surface area contributed by atoms with E-state index < -0.39 is 0 Å². The van der Waals surface area contributed by atoms with Gasteiger partial charge in [-0.1, -0.05) is 6.07 Å². The highest BCUT2D eigenvalue weighted by molar-refractivity contribution is 5.84. The van der Waals surface area contributed by atoms with E-state index >= 15 is 0 Å². The van der Waals surface area contributed by atoms with Crippen molar-refractivity contribution in [3.05, 3.63) is 48.4 Å². The van der Waals surface area contributed by atoms with Crippen molar-refractivity contribution in [3.63, 3.8) is 0 Å². The number of fused-ring (bicyclic) bond motifs is 1. The van der Waals surface area contributed by atoms with Gasteiger partial charge in [0.25, 0.3) is 0 Å². The highest BCUT2D eigenvalue weighted by atomic mass is 15.1. The molecule has 0 amide bonds. The lowest BCUT2D eigenvalue weighted by Gasteiger charge is -2.08. The Morgan fingerprint density at radius 1 is 1.17 bits per heavy atom. The van der Waals surface area contributed by atoms with Crippen LogP contribution in [0.25, 0.3) is 22.0 Å². The molecular formula is C14H14N4. The van der Waals surface area contributed by atoms with Gasteiger partial charge in [-0.25, -0.2) is 0 Å². The van der Waals surface area contributed by atoms with Gasteiger partial charge in [0.1, 0.15) is 0 Å². The van der Waals surface area contributed by atoms with Gasteiger partial charge in [-0.05, 0) is 47.9 Å². The molecule has 3 rings (SSSR count). The summed E-state index contributed by atoms with van der Waals surface area (Å²) < 4.78 is 0. The Balaban J connectivity index is 2.12. The van der Waals surface area contributed by atoms with Gasteiger partial charge in [0.2, 0.25) is 0 Å². The van der Waals surface area contributed by atoms with Crippen LogP contribution in [0.4, 0.5) is 0 Å². The van der Waals surface area contributed by atoms with Crippen molar-refractivity contribution in [1.29, 1.82) is 0 Å². The number of nitrogens with two attached hydrogens (primary N) is 1. The molecule has 4 nitrogen and oxygen atoms in total. The molecule has 1 aromatic carbocycles. The molecule has 0 atom stereocenters. The predicted octanol–water partition coefficient (Wildman–Crippen LogP) is 2.13. The van der Waals surface area contributed by atoms with Crippen molar-refractivity contribution in [2.75, 3.05) is 6.54 Å². The van der Waals surface area contributed by atoms with Crippen LogP contribution < -0.4 is 5.73 Å². The second-order valence-electron chi connectivity index (χ2n) is 4.24. The quantitative estimate of drug-likeness (QED) is 0.734. The molecule has 0 radical (unpaired) electrons. The van der Waals surface area contributed by atoms with Crippen LogP contribution in [-0.4, -0.2) is 21.7 Å². The molecule has 0 unspecified atom stereocenters. The highest BCUT2D eigenvalue weighted by Gasteiger charge is 2.06. The van der Waals surface area contributed by atoms with Gasteiger partial charge < -0.3 is 5.73 Å². The first-order chi connectivity index (χ1) is 8.88. The largest absolute Gasteiger partial charge is 0.330 e. The average molecular weight is 238 g/mol. The normalized spacial score (nSPS) is 10.9. The SMILES string of the molecule is NCCc1cnccc1-c1ccc2[nH]ncc2c1. The van der Waals surface area contributed by atoms with Crippen LogP contribution in [0.3, 0.4) is 0 Å². The molecule has 2 aromatic heterocycles. The minimum atomic E-state index is 0.632. The molecule has 0 spiro atoms. The lowest BCUT2D eigenvalue weighted by molar-refractivity contribution is 0.961. The fraction of sp³-hybridized carbons (Fsp3) is 0.143. The number of rotatable bonds is 3. The summed E-state index contributed by atoms with van der Waals surface area (Å²) in [6, 6.07) is 8.31. The van der Waals surface area contributed by atoms with Gasteiger partial charge in [-0.15, -0.1) is 0 Å². The number of pyridine rings is 1. The first-order valence-corrected chi connectivity index (χ1v) is 5.95. The van der Waals surface area contributed by atoms with Crippen molar-refractivity contribution in [3.8, 4) is 11.1 Å². The third-order valence-corrected chi connectivity index (χ3v) is 3.07. The van der Waals surface area contributed by atoms with E-state index in [-0.39, 0.29) is 0 Å². The zero-order valence-corrected chi connectivity index (χ0v) is 9.93. The van der Waals surface area contributed by atoms with Gasteiger partial charge in [0, 0.05) is 17.8 Å². The maximum atomic E-state index is 5.64. The summed E-state index contributed by atoms with van der Waals surface area (Å²) in [6.07, 6.45) is 6.38. The third kappa shape index (κ3) is 1.87. The molecule has 0 saturated carbocycles. The number of nitrogens with zero attached hydrogens (tertiary/aromatic N) is 2. The second kappa shape index (κ2) is 4.58.